The number of aromatic nitrogens is 3. The first-order valence-corrected chi connectivity index (χ1v) is 29.1. The Morgan fingerprint density at radius 2 is 0.940 bits per heavy atom. The van der Waals surface area contributed by atoms with Crippen LogP contribution in [-0.2, 0) is 22.4 Å². The van der Waals surface area contributed by atoms with Crippen LogP contribution in [0.1, 0.15) is 277 Å². The van der Waals surface area contributed by atoms with E-state index in [4.69, 9.17) is 9.47 Å². The summed E-state index contributed by atoms with van der Waals surface area (Å²) >= 11 is 0. The summed E-state index contributed by atoms with van der Waals surface area (Å²) in [5, 5.41) is 66.9. The van der Waals surface area contributed by atoms with Gasteiger partial charge in [-0.3, -0.25) is 0 Å². The van der Waals surface area contributed by atoms with E-state index < -0.39 is 49.0 Å². The van der Waals surface area contributed by atoms with Crippen LogP contribution in [0.3, 0.4) is 0 Å². The standard InChI is InChI=1S/C56H110N4O7/c1-4-7-10-12-14-16-18-20-21-22-23-24-25-26-27-28-29-30-31-33-35-37-39-41-44-57-49(52(62)50(61)43-40-38-36-34-32-19-17-15-13-11-8-5-2)47-66-56-55(65)54(64)53(63)51(67-56)46-60-45-48(58-59-60)42-9-6-3/h45,49-57,61-65H,4-44,46-47H2,1-3H3/t49-,50+,51+,52-,53-,54-,55+,56+/m0/s1. The number of rotatable bonds is 49. The Kier molecular flexibility index (Phi) is 40.3. The van der Waals surface area contributed by atoms with Gasteiger partial charge in [0.05, 0.1) is 37.1 Å². The van der Waals surface area contributed by atoms with Crippen LogP contribution < -0.4 is 5.32 Å². The predicted octanol–water partition coefficient (Wildman–Crippen LogP) is 12.6. The number of nitrogens with zero attached hydrogens (tertiary/aromatic N) is 3. The maximum atomic E-state index is 11.4. The van der Waals surface area contributed by atoms with Gasteiger partial charge in [-0.05, 0) is 32.2 Å². The third kappa shape index (κ3) is 31.7. The van der Waals surface area contributed by atoms with Crippen LogP contribution in [0.5, 0.6) is 0 Å². The highest BCUT2D eigenvalue weighted by atomic mass is 16.7. The fourth-order valence-electron chi connectivity index (χ4n) is 9.77. The first-order valence-electron chi connectivity index (χ1n) is 29.1. The van der Waals surface area contributed by atoms with Crippen molar-refractivity contribution < 1.29 is 35.0 Å². The molecule has 396 valence electrons. The Morgan fingerprint density at radius 3 is 1.37 bits per heavy atom. The predicted molar refractivity (Wildman–Crippen MR) is 277 cm³/mol. The quantitative estimate of drug-likeness (QED) is 0.0347. The van der Waals surface area contributed by atoms with E-state index in [9.17, 15) is 25.5 Å². The van der Waals surface area contributed by atoms with Crippen molar-refractivity contribution in [2.24, 2.45) is 0 Å². The molecular weight excluding hydrogens is 841 g/mol. The normalized spacial score (nSPS) is 20.1. The van der Waals surface area contributed by atoms with E-state index in [0.717, 1.165) is 57.1 Å². The molecule has 2 rings (SSSR count). The van der Waals surface area contributed by atoms with Gasteiger partial charge < -0.3 is 40.3 Å². The maximum absolute atomic E-state index is 11.4. The molecule has 11 heteroatoms. The van der Waals surface area contributed by atoms with Crippen molar-refractivity contribution >= 4 is 0 Å². The van der Waals surface area contributed by atoms with Gasteiger partial charge in [0.1, 0.15) is 24.4 Å². The number of hydrogen-bond acceptors (Lipinski definition) is 10. The smallest absolute Gasteiger partial charge is 0.186 e. The highest BCUT2D eigenvalue weighted by Gasteiger charge is 2.45. The number of hydrogen-bond donors (Lipinski definition) is 6. The fraction of sp³-hybridized carbons (Fsp3) is 0.964. The topological polar surface area (TPSA) is 162 Å². The lowest BCUT2D eigenvalue weighted by Gasteiger charge is -2.41. The molecule has 0 aliphatic carbocycles. The van der Waals surface area contributed by atoms with Crippen molar-refractivity contribution in [1.29, 1.82) is 0 Å². The molecular formula is C56H110N4O7. The summed E-state index contributed by atoms with van der Waals surface area (Å²) in [6, 6.07) is -0.605. The van der Waals surface area contributed by atoms with Crippen molar-refractivity contribution in [1.82, 2.24) is 20.3 Å². The molecule has 0 bridgehead atoms. The lowest BCUT2D eigenvalue weighted by Crippen LogP contribution is -2.60. The lowest BCUT2D eigenvalue weighted by molar-refractivity contribution is -0.301. The monoisotopic (exact) mass is 951 g/mol. The maximum Gasteiger partial charge on any atom is 0.186 e. The Balaban J connectivity index is 1.67. The van der Waals surface area contributed by atoms with Crippen LogP contribution in [0, 0.1) is 0 Å². The Morgan fingerprint density at radius 1 is 0.537 bits per heavy atom. The van der Waals surface area contributed by atoms with Crippen molar-refractivity contribution in [2.45, 2.75) is 333 Å². The fourth-order valence-corrected chi connectivity index (χ4v) is 9.77. The van der Waals surface area contributed by atoms with E-state index in [1.165, 1.54) is 199 Å². The molecule has 1 aromatic rings. The molecule has 11 nitrogen and oxygen atoms in total. The third-order valence-electron chi connectivity index (χ3n) is 14.4. The van der Waals surface area contributed by atoms with Gasteiger partial charge in [-0.2, -0.15) is 0 Å². The van der Waals surface area contributed by atoms with Gasteiger partial charge in [-0.15, -0.1) is 5.10 Å². The molecule has 1 fully saturated rings. The molecule has 6 N–H and O–H groups in total. The number of aryl methyl sites for hydroxylation is 1. The average Bonchev–Trinajstić information content (AvgIpc) is 3.79. The van der Waals surface area contributed by atoms with Crippen molar-refractivity contribution in [3.05, 3.63) is 11.9 Å². The molecule has 0 radical (unpaired) electrons. The molecule has 1 aliphatic rings. The SMILES string of the molecule is CCCCCCCCCCCCCCCCCCCCCCCCCCN[C@@H](CO[C@@H]1O[C@H](Cn2cc(CCCC)nn2)[C@H](O)[C@H](O)[C@H]1O)[C@H](O)[C@H](O)CCCCCCCCCCCCCC. The second kappa shape index (κ2) is 43.6. The summed E-state index contributed by atoms with van der Waals surface area (Å²) < 4.78 is 13.7. The molecule has 0 unspecified atom stereocenters. The van der Waals surface area contributed by atoms with Gasteiger partial charge in [0.2, 0.25) is 0 Å². The van der Waals surface area contributed by atoms with E-state index in [-0.39, 0.29) is 13.2 Å². The van der Waals surface area contributed by atoms with Crippen LogP contribution in [0.25, 0.3) is 0 Å². The Labute approximate surface area is 412 Å². The van der Waals surface area contributed by atoms with E-state index in [2.05, 4.69) is 36.4 Å². The second-order valence-corrected chi connectivity index (χ2v) is 20.8. The van der Waals surface area contributed by atoms with E-state index in [1.54, 1.807) is 4.68 Å². The van der Waals surface area contributed by atoms with Gasteiger partial charge in [0.15, 0.2) is 6.29 Å². The van der Waals surface area contributed by atoms with Crippen molar-refractivity contribution in [2.75, 3.05) is 13.2 Å². The molecule has 0 amide bonds. The van der Waals surface area contributed by atoms with Gasteiger partial charge in [0.25, 0.3) is 0 Å². The number of aliphatic hydroxyl groups is 5. The van der Waals surface area contributed by atoms with Crippen LogP contribution in [0.15, 0.2) is 6.20 Å². The number of nitrogens with one attached hydrogen (secondary N) is 1. The number of ether oxygens (including phenoxy) is 2. The van der Waals surface area contributed by atoms with Crippen molar-refractivity contribution in [3.8, 4) is 0 Å². The largest absolute Gasteiger partial charge is 0.390 e. The molecule has 8 atom stereocenters. The summed E-state index contributed by atoms with van der Waals surface area (Å²) in [4.78, 5) is 0. The number of aliphatic hydroxyl groups excluding tert-OH is 5. The van der Waals surface area contributed by atoms with Crippen LogP contribution in [0.4, 0.5) is 0 Å². The molecule has 1 saturated heterocycles. The summed E-state index contributed by atoms with van der Waals surface area (Å²) in [6.07, 6.45) is 44.1. The molecule has 1 aromatic heterocycles. The first-order chi connectivity index (χ1) is 32.8. The molecule has 67 heavy (non-hydrogen) atoms. The molecule has 0 spiro atoms. The minimum Gasteiger partial charge on any atom is -0.390 e. The van der Waals surface area contributed by atoms with Gasteiger partial charge in [-0.25, -0.2) is 4.68 Å². The minimum absolute atomic E-state index is 0.0438. The van der Waals surface area contributed by atoms with Crippen molar-refractivity contribution in [3.63, 3.8) is 0 Å². The third-order valence-corrected chi connectivity index (χ3v) is 14.4. The van der Waals surface area contributed by atoms with Gasteiger partial charge >= 0.3 is 0 Å². The van der Waals surface area contributed by atoms with Crippen LogP contribution >= 0.6 is 0 Å². The summed E-state index contributed by atoms with van der Waals surface area (Å²) in [7, 11) is 0. The highest BCUT2D eigenvalue weighted by Crippen LogP contribution is 2.25. The zero-order chi connectivity index (χ0) is 48.4. The van der Waals surface area contributed by atoms with E-state index in [0.29, 0.717) is 13.0 Å². The second-order valence-electron chi connectivity index (χ2n) is 20.8. The first kappa shape index (κ1) is 61.9. The zero-order valence-corrected chi connectivity index (χ0v) is 44.0. The minimum atomic E-state index is -1.49. The molecule has 0 aromatic carbocycles. The molecule has 1 aliphatic heterocycles. The van der Waals surface area contributed by atoms with E-state index in [1.807, 2.05) is 6.20 Å². The highest BCUT2D eigenvalue weighted by molar-refractivity contribution is 4.95. The van der Waals surface area contributed by atoms with Gasteiger partial charge in [0, 0.05) is 6.20 Å². The van der Waals surface area contributed by atoms with Gasteiger partial charge in [-0.1, -0.05) is 257 Å². The summed E-state index contributed by atoms with van der Waals surface area (Å²) in [6.45, 7) is 7.42. The summed E-state index contributed by atoms with van der Waals surface area (Å²) in [5.41, 5.74) is 0.849. The molecule has 2 heterocycles. The van der Waals surface area contributed by atoms with Crippen LogP contribution in [-0.4, -0.2) is 103 Å². The Hall–Kier alpha value is -1.18. The average molecular weight is 952 g/mol. The summed E-state index contributed by atoms with van der Waals surface area (Å²) in [5.74, 6) is 0. The number of unbranched alkanes of at least 4 members (excludes halogenated alkanes) is 35. The Bertz CT molecular complexity index is 1190. The van der Waals surface area contributed by atoms with E-state index >= 15 is 0 Å². The molecule has 0 saturated carbocycles. The zero-order valence-electron chi connectivity index (χ0n) is 44.0. The van der Waals surface area contributed by atoms with Crippen LogP contribution in [0.2, 0.25) is 0 Å². The lowest BCUT2D eigenvalue weighted by atomic mass is 9.98.